The smallest absolute Gasteiger partial charge is 0.141 e. The number of halogens is 1. The van der Waals surface area contributed by atoms with Crippen molar-refractivity contribution in [3.05, 3.63) is 47.0 Å². The Kier molecular flexibility index (Phi) is 2.45. The molecule has 0 aliphatic heterocycles. The molecule has 1 aromatic heterocycles. The lowest BCUT2D eigenvalue weighted by molar-refractivity contribution is 0.623. The van der Waals surface area contributed by atoms with Crippen molar-refractivity contribution in [2.75, 3.05) is 0 Å². The summed E-state index contributed by atoms with van der Waals surface area (Å²) in [6.07, 6.45) is 0. The van der Waals surface area contributed by atoms with Gasteiger partial charge in [-0.3, -0.25) is 0 Å². The largest absolute Gasteiger partial charge is 0.238 e. The fraction of sp³-hybridized carbons (Fsp3) is 0.167. The van der Waals surface area contributed by atoms with Crippen LogP contribution in [-0.2, 0) is 0 Å². The lowest BCUT2D eigenvalue weighted by Crippen LogP contribution is -2.00. The van der Waals surface area contributed by atoms with Crippen LogP contribution in [0.1, 0.15) is 17.0 Å². The van der Waals surface area contributed by atoms with Gasteiger partial charge in [-0.1, -0.05) is 0 Å². The molecule has 0 N–H and O–H groups in total. The molecular weight excluding hydrogens is 205 g/mol. The van der Waals surface area contributed by atoms with Crippen molar-refractivity contribution in [2.45, 2.75) is 13.8 Å². The standard InChI is InChI=1S/C12H10FN3/c1-8-5-9(2)16(15-8)11-3-4-12(13)10(6-11)7-14/h3-6H,1-2H3. The van der Waals surface area contributed by atoms with Gasteiger partial charge in [-0.15, -0.1) is 0 Å². The van der Waals surface area contributed by atoms with E-state index in [4.69, 9.17) is 5.26 Å². The fourth-order valence-corrected chi connectivity index (χ4v) is 1.62. The molecule has 1 aromatic carbocycles. The first-order valence-corrected chi connectivity index (χ1v) is 4.85. The van der Waals surface area contributed by atoms with E-state index in [0.717, 1.165) is 11.4 Å². The van der Waals surface area contributed by atoms with Crippen LogP contribution in [0.4, 0.5) is 4.39 Å². The van der Waals surface area contributed by atoms with Gasteiger partial charge in [-0.05, 0) is 38.1 Å². The van der Waals surface area contributed by atoms with E-state index in [1.807, 2.05) is 26.0 Å². The maximum atomic E-state index is 13.1. The lowest BCUT2D eigenvalue weighted by atomic mass is 10.2. The lowest BCUT2D eigenvalue weighted by Gasteiger charge is -2.04. The van der Waals surface area contributed by atoms with Gasteiger partial charge in [0.05, 0.1) is 16.9 Å². The highest BCUT2D eigenvalue weighted by Crippen LogP contribution is 2.15. The molecule has 0 aliphatic carbocycles. The van der Waals surface area contributed by atoms with Crippen LogP contribution < -0.4 is 0 Å². The third-order valence-electron chi connectivity index (χ3n) is 2.32. The number of nitriles is 1. The van der Waals surface area contributed by atoms with Gasteiger partial charge in [0.1, 0.15) is 11.9 Å². The third-order valence-corrected chi connectivity index (χ3v) is 2.32. The zero-order valence-electron chi connectivity index (χ0n) is 9.03. The highest BCUT2D eigenvalue weighted by molar-refractivity contribution is 5.42. The summed E-state index contributed by atoms with van der Waals surface area (Å²) in [6.45, 7) is 3.80. The van der Waals surface area contributed by atoms with E-state index in [1.165, 1.54) is 12.1 Å². The Hall–Kier alpha value is -2.15. The number of rotatable bonds is 1. The molecule has 0 radical (unpaired) electrons. The van der Waals surface area contributed by atoms with Crippen molar-refractivity contribution < 1.29 is 4.39 Å². The average Bonchev–Trinajstić information content (AvgIpc) is 2.59. The van der Waals surface area contributed by atoms with Crippen LogP contribution >= 0.6 is 0 Å². The van der Waals surface area contributed by atoms with E-state index in [9.17, 15) is 4.39 Å². The van der Waals surface area contributed by atoms with Crippen molar-refractivity contribution in [3.63, 3.8) is 0 Å². The normalized spacial score (nSPS) is 10.1. The Morgan fingerprint density at radius 3 is 2.62 bits per heavy atom. The van der Waals surface area contributed by atoms with Gasteiger partial charge in [0.25, 0.3) is 0 Å². The van der Waals surface area contributed by atoms with Crippen molar-refractivity contribution in [2.24, 2.45) is 0 Å². The van der Waals surface area contributed by atoms with Crippen LogP contribution in [-0.4, -0.2) is 9.78 Å². The molecule has 80 valence electrons. The first-order valence-electron chi connectivity index (χ1n) is 4.85. The number of nitrogens with zero attached hydrogens (tertiary/aromatic N) is 3. The molecule has 0 aliphatic rings. The molecule has 0 spiro atoms. The minimum Gasteiger partial charge on any atom is -0.238 e. The molecule has 1 heterocycles. The van der Waals surface area contributed by atoms with Gasteiger partial charge in [-0.25, -0.2) is 9.07 Å². The summed E-state index contributed by atoms with van der Waals surface area (Å²) in [4.78, 5) is 0. The average molecular weight is 215 g/mol. The minimum atomic E-state index is -0.507. The molecule has 0 saturated heterocycles. The molecule has 0 bridgehead atoms. The van der Waals surface area contributed by atoms with Crippen LogP contribution in [0.3, 0.4) is 0 Å². The summed E-state index contributed by atoms with van der Waals surface area (Å²) in [7, 11) is 0. The predicted octanol–water partition coefficient (Wildman–Crippen LogP) is 2.50. The number of hydrogen-bond acceptors (Lipinski definition) is 2. The minimum absolute atomic E-state index is 0.0325. The van der Waals surface area contributed by atoms with E-state index in [-0.39, 0.29) is 5.56 Å². The molecule has 0 amide bonds. The van der Waals surface area contributed by atoms with Crippen LogP contribution in [0.25, 0.3) is 5.69 Å². The second kappa shape index (κ2) is 3.78. The monoisotopic (exact) mass is 215 g/mol. The molecule has 2 rings (SSSR count). The Bertz CT molecular complexity index is 578. The Morgan fingerprint density at radius 2 is 2.06 bits per heavy atom. The summed E-state index contributed by atoms with van der Waals surface area (Å²) >= 11 is 0. The van der Waals surface area contributed by atoms with Gasteiger partial charge in [0.15, 0.2) is 0 Å². The SMILES string of the molecule is Cc1cc(C)n(-c2ccc(F)c(C#N)c2)n1. The van der Waals surface area contributed by atoms with E-state index >= 15 is 0 Å². The maximum absolute atomic E-state index is 13.1. The zero-order chi connectivity index (χ0) is 11.7. The summed E-state index contributed by atoms with van der Waals surface area (Å²) in [5.41, 5.74) is 2.57. The Balaban J connectivity index is 2.58. The molecule has 16 heavy (non-hydrogen) atoms. The number of hydrogen-bond donors (Lipinski definition) is 0. The van der Waals surface area contributed by atoms with Gasteiger partial charge in [0.2, 0.25) is 0 Å². The topological polar surface area (TPSA) is 41.6 Å². The molecule has 0 saturated carbocycles. The van der Waals surface area contributed by atoms with Crippen molar-refractivity contribution in [1.82, 2.24) is 9.78 Å². The van der Waals surface area contributed by atoms with E-state index in [1.54, 1.807) is 10.7 Å². The second-order valence-electron chi connectivity index (χ2n) is 3.61. The zero-order valence-corrected chi connectivity index (χ0v) is 9.03. The number of benzene rings is 1. The highest BCUT2D eigenvalue weighted by atomic mass is 19.1. The van der Waals surface area contributed by atoms with Crippen molar-refractivity contribution >= 4 is 0 Å². The maximum Gasteiger partial charge on any atom is 0.141 e. The molecule has 2 aromatic rings. The molecular formula is C12H10FN3. The van der Waals surface area contributed by atoms with E-state index in [2.05, 4.69) is 5.10 Å². The summed E-state index contributed by atoms with van der Waals surface area (Å²) in [5, 5.41) is 13.0. The van der Waals surface area contributed by atoms with Crippen LogP contribution in [0.2, 0.25) is 0 Å². The number of aryl methyl sites for hydroxylation is 2. The summed E-state index contributed by atoms with van der Waals surface area (Å²) < 4.78 is 14.8. The molecule has 3 nitrogen and oxygen atoms in total. The molecule has 0 atom stereocenters. The molecule has 4 heteroatoms. The first-order chi connectivity index (χ1) is 7.61. The van der Waals surface area contributed by atoms with Crippen molar-refractivity contribution in [3.8, 4) is 11.8 Å². The summed E-state index contributed by atoms with van der Waals surface area (Å²) in [5.74, 6) is -0.507. The van der Waals surface area contributed by atoms with Crippen LogP contribution in [0.5, 0.6) is 0 Å². The highest BCUT2D eigenvalue weighted by Gasteiger charge is 2.07. The fourth-order valence-electron chi connectivity index (χ4n) is 1.62. The third kappa shape index (κ3) is 1.68. The Morgan fingerprint density at radius 1 is 1.31 bits per heavy atom. The van der Waals surface area contributed by atoms with Gasteiger partial charge in [0, 0.05) is 5.69 Å². The quantitative estimate of drug-likeness (QED) is 0.733. The first kappa shape index (κ1) is 10.4. The van der Waals surface area contributed by atoms with E-state index in [0.29, 0.717) is 5.69 Å². The molecule has 0 unspecified atom stereocenters. The summed E-state index contributed by atoms with van der Waals surface area (Å²) in [6, 6.07) is 8.13. The van der Waals surface area contributed by atoms with Gasteiger partial charge >= 0.3 is 0 Å². The molecule has 0 fully saturated rings. The van der Waals surface area contributed by atoms with Gasteiger partial charge in [-0.2, -0.15) is 10.4 Å². The van der Waals surface area contributed by atoms with Crippen LogP contribution in [0.15, 0.2) is 24.3 Å². The number of aromatic nitrogens is 2. The van der Waals surface area contributed by atoms with Crippen molar-refractivity contribution in [1.29, 1.82) is 5.26 Å². The van der Waals surface area contributed by atoms with Crippen LogP contribution in [0, 0.1) is 31.0 Å². The predicted molar refractivity (Wildman–Crippen MR) is 57.7 cm³/mol. The Labute approximate surface area is 92.7 Å². The van der Waals surface area contributed by atoms with E-state index < -0.39 is 5.82 Å². The second-order valence-corrected chi connectivity index (χ2v) is 3.61. The van der Waals surface area contributed by atoms with Gasteiger partial charge < -0.3 is 0 Å².